The van der Waals surface area contributed by atoms with Crippen LogP contribution in [0.1, 0.15) is 28.8 Å². The standard InChI is InChI=1S/C21H19N5O3/c1-12-3-2-4-15(7-12)26-11-22-16-8-13(5-6-17(16)26)18(27)23-14-9-21(10-14)19(28)24-20(29)25-21/h2-8,11,14H,9-10H2,1H3,(H,23,27)(H2,24,25,28,29). The average molecular weight is 389 g/mol. The number of urea groups is 1. The third kappa shape index (κ3) is 2.84. The number of nitrogens with one attached hydrogen (secondary N) is 3. The zero-order valence-electron chi connectivity index (χ0n) is 15.7. The Morgan fingerprint density at radius 3 is 2.76 bits per heavy atom. The second-order valence-corrected chi connectivity index (χ2v) is 7.73. The Morgan fingerprint density at radius 2 is 2.03 bits per heavy atom. The Labute approximate surface area is 166 Å². The number of hydrogen-bond acceptors (Lipinski definition) is 4. The van der Waals surface area contributed by atoms with E-state index in [1.165, 1.54) is 0 Å². The number of aryl methyl sites for hydroxylation is 1. The highest BCUT2D eigenvalue weighted by atomic mass is 16.2. The van der Waals surface area contributed by atoms with Crippen LogP contribution in [0.2, 0.25) is 0 Å². The van der Waals surface area contributed by atoms with Crippen molar-refractivity contribution in [2.45, 2.75) is 31.3 Å². The van der Waals surface area contributed by atoms with Crippen LogP contribution in [0, 0.1) is 6.92 Å². The summed E-state index contributed by atoms with van der Waals surface area (Å²) < 4.78 is 1.99. The van der Waals surface area contributed by atoms with Crippen LogP contribution in [0.3, 0.4) is 0 Å². The molecule has 1 saturated heterocycles. The minimum absolute atomic E-state index is 0.160. The predicted octanol–water partition coefficient (Wildman–Crippen LogP) is 1.80. The minimum atomic E-state index is -0.869. The number of carbonyl (C=O) groups excluding carboxylic acids is 3. The molecule has 2 aliphatic rings. The van der Waals surface area contributed by atoms with Gasteiger partial charge in [0.15, 0.2) is 0 Å². The lowest BCUT2D eigenvalue weighted by atomic mass is 9.72. The zero-order valence-corrected chi connectivity index (χ0v) is 15.7. The summed E-state index contributed by atoms with van der Waals surface area (Å²) in [5.74, 6) is -0.544. The van der Waals surface area contributed by atoms with Gasteiger partial charge >= 0.3 is 6.03 Å². The topological polar surface area (TPSA) is 105 Å². The molecule has 2 fully saturated rings. The summed E-state index contributed by atoms with van der Waals surface area (Å²) in [7, 11) is 0. The van der Waals surface area contributed by atoms with Crippen molar-refractivity contribution in [3.63, 3.8) is 0 Å². The molecular formula is C21H19N5O3. The maximum atomic E-state index is 12.6. The molecule has 0 radical (unpaired) electrons. The summed E-state index contributed by atoms with van der Waals surface area (Å²) in [6.45, 7) is 2.04. The quantitative estimate of drug-likeness (QED) is 0.594. The monoisotopic (exact) mass is 389 g/mol. The van der Waals surface area contributed by atoms with Crippen molar-refractivity contribution in [2.24, 2.45) is 0 Å². The highest BCUT2D eigenvalue weighted by Crippen LogP contribution is 2.35. The first-order chi connectivity index (χ1) is 13.9. The minimum Gasteiger partial charge on any atom is -0.349 e. The number of carbonyl (C=O) groups is 3. The Bertz CT molecular complexity index is 1180. The maximum absolute atomic E-state index is 12.6. The van der Waals surface area contributed by atoms with E-state index in [1.807, 2.05) is 35.8 Å². The molecule has 3 N–H and O–H groups in total. The van der Waals surface area contributed by atoms with E-state index in [1.54, 1.807) is 18.5 Å². The van der Waals surface area contributed by atoms with Crippen molar-refractivity contribution in [1.82, 2.24) is 25.5 Å². The lowest BCUT2D eigenvalue weighted by Crippen LogP contribution is -2.63. The van der Waals surface area contributed by atoms with Gasteiger partial charge in [0.25, 0.3) is 11.8 Å². The fraction of sp³-hybridized carbons (Fsp3) is 0.238. The SMILES string of the molecule is Cc1cccc(-n2cnc3cc(C(=O)NC4CC5(C4)NC(=O)NC5=O)ccc32)c1. The van der Waals surface area contributed by atoms with Crippen LogP contribution in [-0.4, -0.2) is 39.0 Å². The highest BCUT2D eigenvalue weighted by molar-refractivity contribution is 6.08. The molecule has 2 aromatic carbocycles. The van der Waals surface area contributed by atoms with E-state index in [4.69, 9.17) is 0 Å². The van der Waals surface area contributed by atoms with Crippen molar-refractivity contribution in [1.29, 1.82) is 0 Å². The van der Waals surface area contributed by atoms with E-state index < -0.39 is 11.6 Å². The van der Waals surface area contributed by atoms with Crippen molar-refractivity contribution in [3.05, 3.63) is 59.9 Å². The van der Waals surface area contributed by atoms with Gasteiger partial charge in [-0.15, -0.1) is 0 Å². The molecule has 1 aromatic heterocycles. The fourth-order valence-electron chi connectivity index (χ4n) is 4.11. The lowest BCUT2D eigenvalue weighted by Gasteiger charge is -2.42. The summed E-state index contributed by atoms with van der Waals surface area (Å²) in [6, 6.07) is 12.9. The first-order valence-corrected chi connectivity index (χ1v) is 9.42. The molecule has 0 bridgehead atoms. The molecule has 3 aromatic rings. The predicted molar refractivity (Wildman–Crippen MR) is 106 cm³/mol. The van der Waals surface area contributed by atoms with E-state index in [-0.39, 0.29) is 17.9 Å². The summed E-state index contributed by atoms with van der Waals surface area (Å²) in [5, 5.41) is 7.81. The molecule has 8 nitrogen and oxygen atoms in total. The molecule has 1 saturated carbocycles. The Kier molecular flexibility index (Phi) is 3.70. The average Bonchev–Trinajstić information content (AvgIpc) is 3.21. The fourth-order valence-corrected chi connectivity index (χ4v) is 4.11. The largest absolute Gasteiger partial charge is 0.349 e. The van der Waals surface area contributed by atoms with E-state index >= 15 is 0 Å². The number of benzene rings is 2. The van der Waals surface area contributed by atoms with E-state index in [9.17, 15) is 14.4 Å². The summed E-state index contributed by atoms with van der Waals surface area (Å²) in [6.07, 6.45) is 2.53. The number of nitrogens with zero attached hydrogens (tertiary/aromatic N) is 2. The maximum Gasteiger partial charge on any atom is 0.322 e. The zero-order chi connectivity index (χ0) is 20.2. The van der Waals surface area contributed by atoms with E-state index in [2.05, 4.69) is 27.0 Å². The van der Waals surface area contributed by atoms with Crippen LogP contribution in [0.25, 0.3) is 16.7 Å². The second kappa shape index (κ2) is 6.16. The molecule has 1 aliphatic carbocycles. The van der Waals surface area contributed by atoms with E-state index in [0.717, 1.165) is 22.3 Å². The number of imide groups is 1. The number of rotatable bonds is 3. The molecule has 1 aliphatic heterocycles. The summed E-state index contributed by atoms with van der Waals surface area (Å²) in [4.78, 5) is 40.2. The first kappa shape index (κ1) is 17.4. The van der Waals surface area contributed by atoms with Gasteiger partial charge in [-0.2, -0.15) is 0 Å². The van der Waals surface area contributed by atoms with Gasteiger partial charge < -0.3 is 10.6 Å². The van der Waals surface area contributed by atoms with Crippen LogP contribution >= 0.6 is 0 Å². The number of aromatic nitrogens is 2. The normalized spacial score (nSPS) is 23.0. The molecule has 146 valence electrons. The van der Waals surface area contributed by atoms with Gasteiger partial charge in [-0.05, 0) is 55.7 Å². The third-order valence-electron chi connectivity index (χ3n) is 5.63. The number of fused-ring (bicyclic) bond motifs is 1. The molecular weight excluding hydrogens is 370 g/mol. The van der Waals surface area contributed by atoms with Gasteiger partial charge in [0, 0.05) is 17.3 Å². The van der Waals surface area contributed by atoms with Gasteiger partial charge in [0.05, 0.1) is 11.0 Å². The van der Waals surface area contributed by atoms with Crippen LogP contribution in [0.4, 0.5) is 4.79 Å². The Balaban J connectivity index is 1.32. The summed E-state index contributed by atoms with van der Waals surface area (Å²) in [5.41, 5.74) is 3.46. The molecule has 4 amide bonds. The summed E-state index contributed by atoms with van der Waals surface area (Å²) >= 11 is 0. The van der Waals surface area contributed by atoms with Gasteiger partial charge in [0.2, 0.25) is 0 Å². The molecule has 29 heavy (non-hydrogen) atoms. The van der Waals surface area contributed by atoms with Crippen molar-refractivity contribution in [3.8, 4) is 5.69 Å². The van der Waals surface area contributed by atoms with Gasteiger partial charge in [-0.1, -0.05) is 12.1 Å². The van der Waals surface area contributed by atoms with Crippen LogP contribution in [0.15, 0.2) is 48.8 Å². The first-order valence-electron chi connectivity index (χ1n) is 9.42. The number of hydrogen-bond donors (Lipinski definition) is 3. The van der Waals surface area contributed by atoms with Crippen LogP contribution in [-0.2, 0) is 4.79 Å². The smallest absolute Gasteiger partial charge is 0.322 e. The van der Waals surface area contributed by atoms with Gasteiger partial charge in [0.1, 0.15) is 11.9 Å². The van der Waals surface area contributed by atoms with Gasteiger partial charge in [-0.25, -0.2) is 9.78 Å². The van der Waals surface area contributed by atoms with Crippen molar-refractivity contribution >= 4 is 28.9 Å². The molecule has 0 unspecified atom stereocenters. The number of amides is 4. The Morgan fingerprint density at radius 1 is 1.21 bits per heavy atom. The van der Waals surface area contributed by atoms with Crippen molar-refractivity contribution < 1.29 is 14.4 Å². The second-order valence-electron chi connectivity index (χ2n) is 7.73. The Hall–Kier alpha value is -3.68. The van der Waals surface area contributed by atoms with Gasteiger partial charge in [-0.3, -0.25) is 19.5 Å². The van der Waals surface area contributed by atoms with Crippen LogP contribution < -0.4 is 16.0 Å². The van der Waals surface area contributed by atoms with E-state index in [0.29, 0.717) is 18.4 Å². The number of imidazole rings is 1. The van der Waals surface area contributed by atoms with Crippen LogP contribution in [0.5, 0.6) is 0 Å². The highest BCUT2D eigenvalue weighted by Gasteiger charge is 2.55. The molecule has 2 heterocycles. The molecule has 1 spiro atoms. The third-order valence-corrected chi connectivity index (χ3v) is 5.63. The molecule has 0 atom stereocenters. The van der Waals surface area contributed by atoms with Crippen molar-refractivity contribution in [2.75, 3.05) is 0 Å². The molecule has 5 rings (SSSR count). The molecule has 8 heteroatoms. The lowest BCUT2D eigenvalue weighted by molar-refractivity contribution is -0.127.